The SMILES string of the molecule is CC(N)CC(=O)NCc1cccnc1N(C)Cc1ccccc1. The van der Waals surface area contributed by atoms with Crippen molar-refractivity contribution < 1.29 is 4.79 Å². The number of aromatic nitrogens is 1. The molecule has 0 aliphatic rings. The minimum absolute atomic E-state index is 0.0412. The zero-order valence-corrected chi connectivity index (χ0v) is 13.7. The molecule has 0 aliphatic heterocycles. The van der Waals surface area contributed by atoms with E-state index in [0.29, 0.717) is 13.0 Å². The Morgan fingerprint density at radius 1 is 1.26 bits per heavy atom. The minimum Gasteiger partial charge on any atom is -0.355 e. The van der Waals surface area contributed by atoms with Crippen molar-refractivity contribution in [3.05, 3.63) is 59.8 Å². The van der Waals surface area contributed by atoms with Crippen LogP contribution in [0, 0.1) is 0 Å². The maximum absolute atomic E-state index is 11.8. The minimum atomic E-state index is -0.135. The lowest BCUT2D eigenvalue weighted by atomic mass is 10.2. The summed E-state index contributed by atoms with van der Waals surface area (Å²) in [5, 5.41) is 2.90. The first-order valence-electron chi connectivity index (χ1n) is 7.77. The van der Waals surface area contributed by atoms with Crippen molar-refractivity contribution in [3.63, 3.8) is 0 Å². The summed E-state index contributed by atoms with van der Waals surface area (Å²) >= 11 is 0. The van der Waals surface area contributed by atoms with Crippen LogP contribution in [0.4, 0.5) is 5.82 Å². The van der Waals surface area contributed by atoms with Gasteiger partial charge in [-0.05, 0) is 18.6 Å². The molecule has 5 heteroatoms. The van der Waals surface area contributed by atoms with Gasteiger partial charge in [-0.2, -0.15) is 0 Å². The number of nitrogens with zero attached hydrogens (tertiary/aromatic N) is 2. The molecule has 1 heterocycles. The molecular weight excluding hydrogens is 288 g/mol. The van der Waals surface area contributed by atoms with E-state index in [9.17, 15) is 4.79 Å². The van der Waals surface area contributed by atoms with Crippen LogP contribution < -0.4 is 16.0 Å². The molecule has 1 amide bonds. The van der Waals surface area contributed by atoms with Gasteiger partial charge in [0.1, 0.15) is 5.82 Å². The van der Waals surface area contributed by atoms with Gasteiger partial charge in [0.15, 0.2) is 0 Å². The van der Waals surface area contributed by atoms with Crippen molar-refractivity contribution in [3.8, 4) is 0 Å². The summed E-state index contributed by atoms with van der Waals surface area (Å²) in [4.78, 5) is 18.3. The topological polar surface area (TPSA) is 71.2 Å². The van der Waals surface area contributed by atoms with E-state index >= 15 is 0 Å². The fourth-order valence-electron chi connectivity index (χ4n) is 2.40. The standard InChI is InChI=1S/C18H24N4O/c1-14(19)11-17(23)21-12-16-9-6-10-20-18(16)22(2)13-15-7-4-3-5-8-15/h3-10,14H,11-13,19H2,1-2H3,(H,21,23). The largest absolute Gasteiger partial charge is 0.355 e. The van der Waals surface area contributed by atoms with Gasteiger partial charge in [-0.25, -0.2) is 4.98 Å². The third kappa shape index (κ3) is 5.38. The molecule has 3 N–H and O–H groups in total. The Morgan fingerprint density at radius 3 is 2.70 bits per heavy atom. The van der Waals surface area contributed by atoms with Crippen molar-refractivity contribution in [2.45, 2.75) is 32.5 Å². The molecule has 0 aliphatic carbocycles. The molecule has 5 nitrogen and oxygen atoms in total. The second-order valence-electron chi connectivity index (χ2n) is 5.79. The van der Waals surface area contributed by atoms with Crippen LogP contribution in [0.25, 0.3) is 0 Å². The molecule has 0 spiro atoms. The average Bonchev–Trinajstić information content (AvgIpc) is 2.53. The van der Waals surface area contributed by atoms with Gasteiger partial charge in [0, 0.05) is 44.4 Å². The van der Waals surface area contributed by atoms with Gasteiger partial charge in [-0.15, -0.1) is 0 Å². The van der Waals surface area contributed by atoms with E-state index in [2.05, 4.69) is 27.3 Å². The first-order valence-corrected chi connectivity index (χ1v) is 7.77. The lowest BCUT2D eigenvalue weighted by molar-refractivity contribution is -0.121. The first kappa shape index (κ1) is 17.0. The number of rotatable bonds is 7. The molecule has 1 atom stereocenters. The molecule has 122 valence electrons. The number of nitrogens with two attached hydrogens (primary N) is 1. The van der Waals surface area contributed by atoms with Crippen molar-refractivity contribution in [2.24, 2.45) is 5.73 Å². The third-order valence-corrected chi connectivity index (χ3v) is 3.48. The normalized spacial score (nSPS) is 11.8. The molecule has 2 rings (SSSR count). The lowest BCUT2D eigenvalue weighted by Gasteiger charge is -2.21. The van der Waals surface area contributed by atoms with Gasteiger partial charge in [-0.3, -0.25) is 4.79 Å². The van der Waals surface area contributed by atoms with Gasteiger partial charge in [-0.1, -0.05) is 36.4 Å². The number of nitrogens with one attached hydrogen (secondary N) is 1. The molecule has 0 bridgehead atoms. The maximum atomic E-state index is 11.8. The fraction of sp³-hybridized carbons (Fsp3) is 0.333. The molecule has 0 fully saturated rings. The van der Waals surface area contributed by atoms with Gasteiger partial charge in [0.25, 0.3) is 0 Å². The zero-order chi connectivity index (χ0) is 16.7. The van der Waals surface area contributed by atoms with Crippen LogP contribution in [0.2, 0.25) is 0 Å². The van der Waals surface area contributed by atoms with Crippen LogP contribution >= 0.6 is 0 Å². The van der Waals surface area contributed by atoms with Crippen LogP contribution in [0.15, 0.2) is 48.7 Å². The van der Waals surface area contributed by atoms with Crippen molar-refractivity contribution >= 4 is 11.7 Å². The quantitative estimate of drug-likeness (QED) is 0.821. The third-order valence-electron chi connectivity index (χ3n) is 3.48. The average molecular weight is 312 g/mol. The number of pyridine rings is 1. The molecule has 1 aromatic heterocycles. The Hall–Kier alpha value is -2.40. The second kappa shape index (κ2) is 8.29. The fourth-order valence-corrected chi connectivity index (χ4v) is 2.40. The van der Waals surface area contributed by atoms with Crippen LogP contribution in [0.1, 0.15) is 24.5 Å². The number of hydrogen-bond donors (Lipinski definition) is 2. The van der Waals surface area contributed by atoms with Crippen molar-refractivity contribution in [1.82, 2.24) is 10.3 Å². The number of carbonyl (C=O) groups excluding carboxylic acids is 1. The Bertz CT molecular complexity index is 628. The molecule has 23 heavy (non-hydrogen) atoms. The Morgan fingerprint density at radius 2 is 2.00 bits per heavy atom. The molecular formula is C18H24N4O. The van der Waals surface area contributed by atoms with Gasteiger partial charge >= 0.3 is 0 Å². The Kier molecular flexibility index (Phi) is 6.11. The molecule has 2 aromatic rings. The molecule has 0 saturated carbocycles. The summed E-state index contributed by atoms with van der Waals surface area (Å²) in [7, 11) is 2.00. The van der Waals surface area contributed by atoms with Crippen molar-refractivity contribution in [2.75, 3.05) is 11.9 Å². The van der Waals surface area contributed by atoms with E-state index in [-0.39, 0.29) is 11.9 Å². The summed E-state index contributed by atoms with van der Waals surface area (Å²) in [5.41, 5.74) is 7.85. The van der Waals surface area contributed by atoms with E-state index < -0.39 is 0 Å². The van der Waals surface area contributed by atoms with Crippen molar-refractivity contribution in [1.29, 1.82) is 0 Å². The summed E-state index contributed by atoms with van der Waals surface area (Å²) in [6, 6.07) is 14.0. The first-order chi connectivity index (χ1) is 11.1. The van der Waals surface area contributed by atoms with Crippen LogP contribution in [0.5, 0.6) is 0 Å². The Balaban J connectivity index is 2.03. The maximum Gasteiger partial charge on any atom is 0.221 e. The zero-order valence-electron chi connectivity index (χ0n) is 13.7. The van der Waals surface area contributed by atoms with E-state index in [0.717, 1.165) is 17.9 Å². The van der Waals surface area contributed by atoms with Crippen LogP contribution in [-0.2, 0) is 17.9 Å². The highest BCUT2D eigenvalue weighted by atomic mass is 16.1. The summed E-state index contributed by atoms with van der Waals surface area (Å²) in [5.74, 6) is 0.831. The molecule has 1 aromatic carbocycles. The van der Waals surface area contributed by atoms with E-state index in [4.69, 9.17) is 5.73 Å². The number of carbonyl (C=O) groups is 1. The summed E-state index contributed by atoms with van der Waals surface area (Å²) in [6.45, 7) is 3.04. The number of anilines is 1. The predicted molar refractivity (Wildman–Crippen MR) is 92.9 cm³/mol. The second-order valence-corrected chi connectivity index (χ2v) is 5.79. The lowest BCUT2D eigenvalue weighted by Crippen LogP contribution is -2.30. The highest BCUT2D eigenvalue weighted by Gasteiger charge is 2.11. The Labute approximate surface area is 137 Å². The molecule has 0 saturated heterocycles. The highest BCUT2D eigenvalue weighted by molar-refractivity contribution is 5.76. The predicted octanol–water partition coefficient (Wildman–Crippen LogP) is 2.07. The number of hydrogen-bond acceptors (Lipinski definition) is 4. The summed E-state index contributed by atoms with van der Waals surface area (Å²) < 4.78 is 0. The van der Waals surface area contributed by atoms with E-state index in [1.807, 2.05) is 44.3 Å². The monoisotopic (exact) mass is 312 g/mol. The number of amides is 1. The van der Waals surface area contributed by atoms with Gasteiger partial charge in [0.05, 0.1) is 0 Å². The number of benzene rings is 1. The molecule has 0 radical (unpaired) electrons. The van der Waals surface area contributed by atoms with Crippen LogP contribution in [0.3, 0.4) is 0 Å². The smallest absolute Gasteiger partial charge is 0.221 e. The highest BCUT2D eigenvalue weighted by Crippen LogP contribution is 2.18. The van der Waals surface area contributed by atoms with Gasteiger partial charge in [0.2, 0.25) is 5.91 Å². The van der Waals surface area contributed by atoms with Gasteiger partial charge < -0.3 is 16.0 Å². The van der Waals surface area contributed by atoms with Crippen LogP contribution in [-0.4, -0.2) is 24.0 Å². The van der Waals surface area contributed by atoms with E-state index in [1.165, 1.54) is 5.56 Å². The molecule has 1 unspecified atom stereocenters. The van der Waals surface area contributed by atoms with E-state index in [1.54, 1.807) is 6.20 Å². The summed E-state index contributed by atoms with van der Waals surface area (Å²) in [6.07, 6.45) is 2.10.